The SMILES string of the molecule is COCC1CC12CN(C)C(=O)C1=C(O)C(O)C(C(=O)NCc3cccc(Cl)c3F)=CN12. The number of likely N-dealkylation sites (N-methyl/N-ethyl adjacent to an activating group) is 1. The fourth-order valence-corrected chi connectivity index (χ4v) is 4.59. The number of nitrogens with one attached hydrogen (secondary N) is 1. The second-order valence-electron chi connectivity index (χ2n) is 8.11. The first kappa shape index (κ1) is 21.6. The Labute approximate surface area is 183 Å². The number of hydrogen-bond acceptors (Lipinski definition) is 6. The third kappa shape index (κ3) is 3.46. The largest absolute Gasteiger partial charge is 0.507 e. The maximum Gasteiger partial charge on any atom is 0.273 e. The Balaban J connectivity index is 1.61. The van der Waals surface area contributed by atoms with Crippen LogP contribution in [0.1, 0.15) is 12.0 Å². The van der Waals surface area contributed by atoms with Gasteiger partial charge in [0, 0.05) is 44.9 Å². The van der Waals surface area contributed by atoms with Crippen molar-refractivity contribution in [3.63, 3.8) is 0 Å². The first-order chi connectivity index (χ1) is 14.7. The summed E-state index contributed by atoms with van der Waals surface area (Å²) in [6.45, 7) is 0.691. The summed E-state index contributed by atoms with van der Waals surface area (Å²) in [4.78, 5) is 28.6. The minimum atomic E-state index is -1.68. The fourth-order valence-electron chi connectivity index (χ4n) is 4.39. The summed E-state index contributed by atoms with van der Waals surface area (Å²) in [6, 6.07) is 4.44. The minimum absolute atomic E-state index is 0.0442. The van der Waals surface area contributed by atoms with Gasteiger partial charge in [-0.3, -0.25) is 9.59 Å². The van der Waals surface area contributed by atoms with Crippen molar-refractivity contribution in [2.24, 2.45) is 5.92 Å². The van der Waals surface area contributed by atoms with E-state index in [4.69, 9.17) is 16.3 Å². The molecule has 2 heterocycles. The van der Waals surface area contributed by atoms with Crippen molar-refractivity contribution in [1.29, 1.82) is 0 Å². The zero-order valence-electron chi connectivity index (χ0n) is 17.1. The molecule has 2 fully saturated rings. The van der Waals surface area contributed by atoms with E-state index in [-0.39, 0.29) is 34.3 Å². The van der Waals surface area contributed by atoms with Gasteiger partial charge in [0.2, 0.25) is 0 Å². The van der Waals surface area contributed by atoms with Crippen molar-refractivity contribution in [2.45, 2.75) is 24.6 Å². The Bertz CT molecular complexity index is 1010. The van der Waals surface area contributed by atoms with E-state index in [2.05, 4.69) is 5.32 Å². The lowest BCUT2D eigenvalue weighted by Gasteiger charge is -2.44. The van der Waals surface area contributed by atoms with Gasteiger partial charge in [0.05, 0.1) is 22.7 Å². The van der Waals surface area contributed by atoms with E-state index in [1.165, 1.54) is 23.2 Å². The normalized spacial score (nSPS) is 27.4. The van der Waals surface area contributed by atoms with E-state index in [1.54, 1.807) is 25.1 Å². The van der Waals surface area contributed by atoms with Crippen LogP contribution in [0.3, 0.4) is 0 Å². The van der Waals surface area contributed by atoms with Gasteiger partial charge in [-0.05, 0) is 12.5 Å². The number of halogens is 2. The third-order valence-electron chi connectivity index (χ3n) is 6.15. The standard InChI is InChI=1S/C21H23ClFN3O5/c1-25-10-21(6-12(21)9-31-2)26-8-13(17(27)18(28)16(26)20(25)30)19(29)24-7-11-4-3-5-14(22)15(11)23/h3-5,8,12,17,27-28H,6-7,9-10H2,1-2H3,(H,24,29). The predicted octanol–water partition coefficient (Wildman–Crippen LogP) is 1.30. The maximum absolute atomic E-state index is 14.1. The van der Waals surface area contributed by atoms with Crippen molar-refractivity contribution in [2.75, 3.05) is 27.3 Å². The maximum atomic E-state index is 14.1. The van der Waals surface area contributed by atoms with E-state index in [9.17, 15) is 24.2 Å². The predicted molar refractivity (Wildman–Crippen MR) is 109 cm³/mol. The number of methoxy groups -OCH3 is 1. The summed E-state index contributed by atoms with van der Waals surface area (Å²) in [5, 5.41) is 23.7. The van der Waals surface area contributed by atoms with Crippen molar-refractivity contribution in [3.05, 3.63) is 57.8 Å². The molecule has 4 rings (SSSR count). The van der Waals surface area contributed by atoms with E-state index in [0.29, 0.717) is 19.6 Å². The number of aliphatic hydroxyl groups excluding tert-OH is 2. The molecule has 1 saturated heterocycles. The lowest BCUT2D eigenvalue weighted by molar-refractivity contribution is -0.133. The molecule has 3 N–H and O–H groups in total. The van der Waals surface area contributed by atoms with E-state index >= 15 is 0 Å². The van der Waals surface area contributed by atoms with Crippen molar-refractivity contribution >= 4 is 23.4 Å². The van der Waals surface area contributed by atoms with Gasteiger partial charge in [0.1, 0.15) is 17.6 Å². The Morgan fingerprint density at radius 3 is 2.90 bits per heavy atom. The Morgan fingerprint density at radius 2 is 2.19 bits per heavy atom. The molecule has 1 aromatic rings. The molecule has 2 amide bonds. The summed E-state index contributed by atoms with van der Waals surface area (Å²) in [5.41, 5.74) is -0.520. The molecule has 31 heavy (non-hydrogen) atoms. The Kier molecular flexibility index (Phi) is 5.45. The van der Waals surface area contributed by atoms with Crippen LogP contribution in [0, 0.1) is 11.7 Å². The molecule has 1 aliphatic carbocycles. The Hall–Kier alpha value is -2.62. The van der Waals surface area contributed by atoms with Gasteiger partial charge in [-0.15, -0.1) is 0 Å². The molecule has 8 nitrogen and oxygen atoms in total. The number of carbonyl (C=O) groups is 2. The number of hydrogen-bond donors (Lipinski definition) is 3. The first-order valence-electron chi connectivity index (χ1n) is 9.79. The number of piperazine rings is 1. The van der Waals surface area contributed by atoms with Crippen LogP contribution in [0.5, 0.6) is 0 Å². The van der Waals surface area contributed by atoms with Crippen LogP contribution < -0.4 is 5.32 Å². The van der Waals surface area contributed by atoms with Gasteiger partial charge < -0.3 is 30.1 Å². The number of aliphatic hydroxyl groups is 2. The zero-order valence-corrected chi connectivity index (χ0v) is 17.8. The molecule has 0 radical (unpaired) electrons. The van der Waals surface area contributed by atoms with Gasteiger partial charge in [0.15, 0.2) is 5.76 Å². The summed E-state index contributed by atoms with van der Waals surface area (Å²) in [6.07, 6.45) is 0.427. The van der Waals surface area contributed by atoms with Crippen LogP contribution in [-0.2, 0) is 20.9 Å². The molecule has 0 bridgehead atoms. The molecule has 1 aromatic carbocycles. The molecule has 10 heteroatoms. The highest BCUT2D eigenvalue weighted by Gasteiger charge is 2.63. The van der Waals surface area contributed by atoms with Crippen molar-refractivity contribution in [3.8, 4) is 0 Å². The fraction of sp³-hybridized carbons (Fsp3) is 0.429. The first-order valence-corrected chi connectivity index (χ1v) is 10.2. The van der Waals surface area contributed by atoms with Crippen LogP contribution in [0.2, 0.25) is 5.02 Å². The molecule has 3 aliphatic rings. The number of amides is 2. The zero-order chi connectivity index (χ0) is 22.5. The number of benzene rings is 1. The number of fused-ring (bicyclic) bond motifs is 2. The average Bonchev–Trinajstić information content (AvgIpc) is 3.41. The molecule has 3 unspecified atom stereocenters. The third-order valence-corrected chi connectivity index (χ3v) is 6.44. The Morgan fingerprint density at radius 1 is 1.45 bits per heavy atom. The highest BCUT2D eigenvalue weighted by atomic mass is 35.5. The minimum Gasteiger partial charge on any atom is -0.507 e. The summed E-state index contributed by atoms with van der Waals surface area (Å²) < 4.78 is 19.4. The summed E-state index contributed by atoms with van der Waals surface area (Å²) >= 11 is 5.77. The smallest absolute Gasteiger partial charge is 0.273 e. The van der Waals surface area contributed by atoms with Crippen molar-refractivity contribution in [1.82, 2.24) is 15.1 Å². The van der Waals surface area contributed by atoms with Crippen LogP contribution in [-0.4, -0.2) is 70.8 Å². The van der Waals surface area contributed by atoms with Gasteiger partial charge in [-0.25, -0.2) is 4.39 Å². The van der Waals surface area contributed by atoms with Crippen LogP contribution in [0.25, 0.3) is 0 Å². The molecule has 2 aliphatic heterocycles. The lowest BCUT2D eigenvalue weighted by Crippen LogP contribution is -2.57. The van der Waals surface area contributed by atoms with E-state index in [1.807, 2.05) is 0 Å². The topological polar surface area (TPSA) is 102 Å². The number of ether oxygens (including phenoxy) is 1. The molecule has 166 valence electrons. The second kappa shape index (κ2) is 7.81. The van der Waals surface area contributed by atoms with Gasteiger partial charge in [0.25, 0.3) is 11.8 Å². The number of nitrogens with zero attached hydrogens (tertiary/aromatic N) is 2. The van der Waals surface area contributed by atoms with E-state index < -0.39 is 35.0 Å². The number of carbonyl (C=O) groups excluding carboxylic acids is 2. The van der Waals surface area contributed by atoms with Crippen LogP contribution in [0.15, 0.2) is 41.4 Å². The van der Waals surface area contributed by atoms with Gasteiger partial charge >= 0.3 is 0 Å². The molecule has 1 saturated carbocycles. The highest BCUT2D eigenvalue weighted by molar-refractivity contribution is 6.30. The molecular weight excluding hydrogens is 429 g/mol. The second-order valence-corrected chi connectivity index (χ2v) is 8.51. The molecule has 3 atom stereocenters. The van der Waals surface area contributed by atoms with Crippen LogP contribution in [0.4, 0.5) is 4.39 Å². The van der Waals surface area contributed by atoms with Gasteiger partial charge in [-0.1, -0.05) is 23.7 Å². The molecular formula is C21H23ClFN3O5. The van der Waals surface area contributed by atoms with Gasteiger partial charge in [-0.2, -0.15) is 0 Å². The number of rotatable bonds is 5. The highest BCUT2D eigenvalue weighted by Crippen LogP contribution is 2.54. The van der Waals surface area contributed by atoms with E-state index in [0.717, 1.165) is 0 Å². The average molecular weight is 452 g/mol. The quantitative estimate of drug-likeness (QED) is 0.623. The molecule has 1 spiro atoms. The molecule has 0 aromatic heterocycles. The summed E-state index contributed by atoms with van der Waals surface area (Å²) in [7, 11) is 3.21. The monoisotopic (exact) mass is 451 g/mol. The summed E-state index contributed by atoms with van der Waals surface area (Å²) in [5.74, 6) is -2.27. The van der Waals surface area contributed by atoms with Crippen molar-refractivity contribution < 1.29 is 28.9 Å². The lowest BCUT2D eigenvalue weighted by atomic mass is 9.96. The van der Waals surface area contributed by atoms with Crippen LogP contribution >= 0.6 is 11.6 Å².